The van der Waals surface area contributed by atoms with Crippen LogP contribution in [0.1, 0.15) is 11.6 Å². The highest BCUT2D eigenvalue weighted by molar-refractivity contribution is 5.72. The highest BCUT2D eigenvalue weighted by Crippen LogP contribution is 2.26. The zero-order valence-electron chi connectivity index (χ0n) is 7.98. The molecule has 15 heavy (non-hydrogen) atoms. The third kappa shape index (κ3) is 1.97. The fraction of sp³-hybridized carbons (Fsp3) is 0.400. The van der Waals surface area contributed by atoms with Crippen molar-refractivity contribution in [2.45, 2.75) is 5.92 Å². The minimum Gasteiger partial charge on any atom is -0.481 e. The van der Waals surface area contributed by atoms with E-state index in [-0.39, 0.29) is 5.92 Å². The smallest absolute Gasteiger partial charge is 0.308 e. The molecular weight excluding hydrogens is 199 g/mol. The molecule has 1 aromatic heterocycles. The van der Waals surface area contributed by atoms with Crippen molar-refractivity contribution in [2.24, 2.45) is 5.92 Å². The van der Waals surface area contributed by atoms with Gasteiger partial charge in [0, 0.05) is 24.7 Å². The Bertz CT molecular complexity index is 366. The molecule has 0 aliphatic carbocycles. The molecule has 1 aliphatic heterocycles. The molecule has 4 nitrogen and oxygen atoms in total. The Kier molecular flexibility index (Phi) is 2.64. The number of nitrogens with one attached hydrogen (secondary N) is 1. The van der Waals surface area contributed by atoms with Crippen molar-refractivity contribution in [3.8, 4) is 0 Å². The standard InChI is InChI=1S/C10H11FN2O2/c11-6-1-2-9(13-3-6)7-4-12-5-8(7)10(14)15/h1-3,7-8,12H,4-5H2,(H,14,15)/t7-,8-/m1/s1. The lowest BCUT2D eigenvalue weighted by Crippen LogP contribution is -2.21. The fourth-order valence-electron chi connectivity index (χ4n) is 1.86. The van der Waals surface area contributed by atoms with E-state index in [2.05, 4.69) is 10.3 Å². The Balaban J connectivity index is 2.22. The summed E-state index contributed by atoms with van der Waals surface area (Å²) in [4.78, 5) is 14.8. The Hall–Kier alpha value is -1.49. The Morgan fingerprint density at radius 3 is 2.93 bits per heavy atom. The molecule has 2 atom stereocenters. The summed E-state index contributed by atoms with van der Waals surface area (Å²) in [6, 6.07) is 2.85. The molecule has 0 amide bonds. The zero-order valence-corrected chi connectivity index (χ0v) is 7.98. The van der Waals surface area contributed by atoms with E-state index >= 15 is 0 Å². The third-order valence-electron chi connectivity index (χ3n) is 2.66. The number of rotatable bonds is 2. The summed E-state index contributed by atoms with van der Waals surface area (Å²) in [7, 11) is 0. The predicted octanol–water partition coefficient (Wildman–Crippen LogP) is 0.608. The first-order chi connectivity index (χ1) is 7.18. The summed E-state index contributed by atoms with van der Waals surface area (Å²) in [5.74, 6) is -1.88. The van der Waals surface area contributed by atoms with Crippen LogP contribution < -0.4 is 5.32 Å². The van der Waals surface area contributed by atoms with Gasteiger partial charge in [0.05, 0.1) is 12.1 Å². The van der Waals surface area contributed by atoms with E-state index in [1.165, 1.54) is 6.07 Å². The second kappa shape index (κ2) is 3.94. The molecule has 0 spiro atoms. The number of halogens is 1. The monoisotopic (exact) mass is 210 g/mol. The van der Waals surface area contributed by atoms with Crippen LogP contribution in [0.5, 0.6) is 0 Å². The van der Waals surface area contributed by atoms with Crippen LogP contribution in [0.25, 0.3) is 0 Å². The number of carboxylic acids is 1. The van der Waals surface area contributed by atoms with Crippen molar-refractivity contribution in [1.82, 2.24) is 10.3 Å². The molecule has 2 rings (SSSR count). The number of hydrogen-bond donors (Lipinski definition) is 2. The van der Waals surface area contributed by atoms with Gasteiger partial charge in [-0.3, -0.25) is 9.78 Å². The van der Waals surface area contributed by atoms with Gasteiger partial charge in [-0.2, -0.15) is 0 Å². The molecule has 0 unspecified atom stereocenters. The van der Waals surface area contributed by atoms with Crippen LogP contribution >= 0.6 is 0 Å². The normalized spacial score (nSPS) is 25.4. The average molecular weight is 210 g/mol. The summed E-state index contributed by atoms with van der Waals surface area (Å²) in [5, 5.41) is 12.0. The minimum absolute atomic E-state index is 0.164. The average Bonchev–Trinajstić information content (AvgIpc) is 2.67. The van der Waals surface area contributed by atoms with Crippen molar-refractivity contribution in [1.29, 1.82) is 0 Å². The van der Waals surface area contributed by atoms with Crippen LogP contribution in [0, 0.1) is 11.7 Å². The lowest BCUT2D eigenvalue weighted by molar-refractivity contribution is -0.141. The van der Waals surface area contributed by atoms with E-state index in [0.29, 0.717) is 18.8 Å². The molecule has 1 aliphatic rings. The van der Waals surface area contributed by atoms with Gasteiger partial charge in [0.1, 0.15) is 5.82 Å². The predicted molar refractivity (Wildman–Crippen MR) is 50.9 cm³/mol. The second-order valence-corrected chi connectivity index (χ2v) is 3.61. The Morgan fingerprint density at radius 1 is 1.53 bits per heavy atom. The maximum absolute atomic E-state index is 12.6. The van der Waals surface area contributed by atoms with Gasteiger partial charge >= 0.3 is 5.97 Å². The van der Waals surface area contributed by atoms with Gasteiger partial charge in [-0.1, -0.05) is 0 Å². The first-order valence-electron chi connectivity index (χ1n) is 4.73. The molecule has 0 bridgehead atoms. The van der Waals surface area contributed by atoms with E-state index < -0.39 is 17.7 Å². The van der Waals surface area contributed by atoms with E-state index in [9.17, 15) is 9.18 Å². The highest BCUT2D eigenvalue weighted by Gasteiger charge is 2.34. The van der Waals surface area contributed by atoms with Gasteiger partial charge in [0.2, 0.25) is 0 Å². The number of aromatic nitrogens is 1. The molecule has 0 aromatic carbocycles. The summed E-state index contributed by atoms with van der Waals surface area (Å²) < 4.78 is 12.6. The lowest BCUT2D eigenvalue weighted by atomic mass is 9.92. The highest BCUT2D eigenvalue weighted by atomic mass is 19.1. The lowest BCUT2D eigenvalue weighted by Gasteiger charge is -2.13. The maximum Gasteiger partial charge on any atom is 0.308 e. The van der Waals surface area contributed by atoms with Gasteiger partial charge in [0.15, 0.2) is 0 Å². The number of hydrogen-bond acceptors (Lipinski definition) is 3. The van der Waals surface area contributed by atoms with Crippen molar-refractivity contribution < 1.29 is 14.3 Å². The van der Waals surface area contributed by atoms with Crippen LogP contribution in [0.3, 0.4) is 0 Å². The van der Waals surface area contributed by atoms with Gasteiger partial charge in [-0.25, -0.2) is 4.39 Å². The summed E-state index contributed by atoms with van der Waals surface area (Å²) in [5.41, 5.74) is 0.633. The summed E-state index contributed by atoms with van der Waals surface area (Å²) in [6.07, 6.45) is 1.12. The van der Waals surface area contributed by atoms with Gasteiger partial charge < -0.3 is 10.4 Å². The van der Waals surface area contributed by atoms with Crippen LogP contribution in [0.4, 0.5) is 4.39 Å². The molecule has 80 valence electrons. The van der Waals surface area contributed by atoms with E-state index in [0.717, 1.165) is 6.20 Å². The number of carbonyl (C=O) groups is 1. The number of aliphatic carboxylic acids is 1. The second-order valence-electron chi connectivity index (χ2n) is 3.61. The van der Waals surface area contributed by atoms with Crippen LogP contribution in [0.15, 0.2) is 18.3 Å². The molecule has 1 saturated heterocycles. The van der Waals surface area contributed by atoms with Gasteiger partial charge in [0.25, 0.3) is 0 Å². The third-order valence-corrected chi connectivity index (χ3v) is 2.66. The molecule has 0 radical (unpaired) electrons. The maximum atomic E-state index is 12.6. The molecule has 5 heteroatoms. The molecule has 0 saturated carbocycles. The van der Waals surface area contributed by atoms with E-state index in [4.69, 9.17) is 5.11 Å². The molecule has 2 N–H and O–H groups in total. The SMILES string of the molecule is O=C(O)[C@@H]1CNC[C@H]1c1ccc(F)cn1. The molecular formula is C10H11FN2O2. The molecule has 2 heterocycles. The van der Waals surface area contributed by atoms with Crippen molar-refractivity contribution in [2.75, 3.05) is 13.1 Å². The van der Waals surface area contributed by atoms with Crippen LogP contribution in [0.2, 0.25) is 0 Å². The van der Waals surface area contributed by atoms with Gasteiger partial charge in [-0.05, 0) is 12.1 Å². The number of pyridine rings is 1. The van der Waals surface area contributed by atoms with E-state index in [1.54, 1.807) is 6.07 Å². The fourth-order valence-corrected chi connectivity index (χ4v) is 1.86. The van der Waals surface area contributed by atoms with Gasteiger partial charge in [-0.15, -0.1) is 0 Å². The van der Waals surface area contributed by atoms with Crippen molar-refractivity contribution in [3.05, 3.63) is 29.8 Å². The molecule has 1 fully saturated rings. The summed E-state index contributed by atoms with van der Waals surface area (Å²) in [6.45, 7) is 1.02. The Labute approximate surface area is 86.1 Å². The van der Waals surface area contributed by atoms with Crippen LogP contribution in [-0.2, 0) is 4.79 Å². The van der Waals surface area contributed by atoms with Crippen molar-refractivity contribution in [3.63, 3.8) is 0 Å². The van der Waals surface area contributed by atoms with Crippen LogP contribution in [-0.4, -0.2) is 29.1 Å². The zero-order chi connectivity index (χ0) is 10.8. The first kappa shape index (κ1) is 10.0. The first-order valence-corrected chi connectivity index (χ1v) is 4.73. The Morgan fingerprint density at radius 2 is 2.33 bits per heavy atom. The number of nitrogens with zero attached hydrogens (tertiary/aromatic N) is 1. The minimum atomic E-state index is -0.837. The summed E-state index contributed by atoms with van der Waals surface area (Å²) >= 11 is 0. The van der Waals surface area contributed by atoms with Crippen molar-refractivity contribution >= 4 is 5.97 Å². The molecule has 1 aromatic rings. The quantitative estimate of drug-likeness (QED) is 0.750. The largest absolute Gasteiger partial charge is 0.481 e. The topological polar surface area (TPSA) is 62.2 Å². The van der Waals surface area contributed by atoms with E-state index in [1.807, 2.05) is 0 Å². The number of carboxylic acid groups (broad SMARTS) is 1.